The Morgan fingerprint density at radius 3 is 2.10 bits per heavy atom. The van der Waals surface area contributed by atoms with Gasteiger partial charge in [0.25, 0.3) is 0 Å². The minimum atomic E-state index is 0.289. The number of methoxy groups -OCH3 is 2. The third kappa shape index (κ3) is 2.86. The second-order valence-electron chi connectivity index (χ2n) is 5.82. The molecule has 0 saturated carbocycles. The fourth-order valence-electron chi connectivity index (χ4n) is 3.56. The van der Waals surface area contributed by atoms with Gasteiger partial charge in [0.1, 0.15) is 11.5 Å². The molecule has 2 bridgehead atoms. The van der Waals surface area contributed by atoms with E-state index in [2.05, 4.69) is 27.2 Å². The Morgan fingerprint density at radius 1 is 1.05 bits per heavy atom. The predicted molar refractivity (Wildman–Crippen MR) is 83.1 cm³/mol. The van der Waals surface area contributed by atoms with Crippen LogP contribution < -0.4 is 14.8 Å². The van der Waals surface area contributed by atoms with Crippen molar-refractivity contribution in [1.29, 1.82) is 0 Å². The summed E-state index contributed by atoms with van der Waals surface area (Å²) >= 11 is 0. The van der Waals surface area contributed by atoms with Gasteiger partial charge in [0, 0.05) is 50.9 Å². The van der Waals surface area contributed by atoms with Gasteiger partial charge in [-0.3, -0.25) is 9.80 Å². The Hall–Kier alpha value is -1.30. The Bertz CT molecular complexity index is 464. The van der Waals surface area contributed by atoms with Crippen LogP contribution in [0.15, 0.2) is 18.2 Å². The maximum atomic E-state index is 5.41. The lowest BCUT2D eigenvalue weighted by Crippen LogP contribution is -2.63. The van der Waals surface area contributed by atoms with Crippen LogP contribution in [-0.4, -0.2) is 69.8 Å². The van der Waals surface area contributed by atoms with Gasteiger partial charge in [-0.25, -0.2) is 0 Å². The van der Waals surface area contributed by atoms with Crippen molar-refractivity contribution in [2.45, 2.75) is 12.1 Å². The fourth-order valence-corrected chi connectivity index (χ4v) is 3.56. The molecule has 1 aromatic rings. The van der Waals surface area contributed by atoms with Crippen LogP contribution >= 0.6 is 0 Å². The SMILES string of the molecule is CNC(c1cc(OC)cc(OC)c1)C1CN2CCN1CC2. The Morgan fingerprint density at radius 2 is 1.67 bits per heavy atom. The van der Waals surface area contributed by atoms with Crippen molar-refractivity contribution in [2.75, 3.05) is 54.0 Å². The molecular formula is C16H25N3O2. The van der Waals surface area contributed by atoms with E-state index >= 15 is 0 Å². The lowest BCUT2D eigenvalue weighted by atomic mass is 9.93. The Labute approximate surface area is 126 Å². The maximum absolute atomic E-state index is 5.41. The van der Waals surface area contributed by atoms with Gasteiger partial charge in [-0.15, -0.1) is 0 Å². The molecule has 21 heavy (non-hydrogen) atoms. The summed E-state index contributed by atoms with van der Waals surface area (Å²) in [7, 11) is 5.44. The summed E-state index contributed by atoms with van der Waals surface area (Å²) < 4.78 is 10.8. The number of fused-ring (bicyclic) bond motifs is 3. The summed E-state index contributed by atoms with van der Waals surface area (Å²) in [6, 6.07) is 6.95. The first-order valence-corrected chi connectivity index (χ1v) is 7.62. The van der Waals surface area contributed by atoms with Crippen LogP contribution in [-0.2, 0) is 0 Å². The lowest BCUT2D eigenvalue weighted by molar-refractivity contribution is -0.00259. The molecule has 0 amide bonds. The molecule has 116 valence electrons. The predicted octanol–water partition coefficient (Wildman–Crippen LogP) is 0.964. The Balaban J connectivity index is 1.89. The number of nitrogens with one attached hydrogen (secondary N) is 1. The van der Waals surface area contributed by atoms with Gasteiger partial charge < -0.3 is 14.8 Å². The zero-order chi connectivity index (χ0) is 14.8. The van der Waals surface area contributed by atoms with Gasteiger partial charge in [0.15, 0.2) is 0 Å². The molecule has 1 aromatic carbocycles. The van der Waals surface area contributed by atoms with Crippen molar-refractivity contribution < 1.29 is 9.47 Å². The summed E-state index contributed by atoms with van der Waals surface area (Å²) in [5.41, 5.74) is 1.23. The molecule has 2 atom stereocenters. The summed E-state index contributed by atoms with van der Waals surface area (Å²) in [6.45, 7) is 5.88. The van der Waals surface area contributed by atoms with E-state index in [4.69, 9.17) is 9.47 Å². The number of nitrogens with zero attached hydrogens (tertiary/aromatic N) is 2. The minimum absolute atomic E-state index is 0.289. The molecule has 5 heteroatoms. The molecule has 3 saturated heterocycles. The molecular weight excluding hydrogens is 266 g/mol. The van der Waals surface area contributed by atoms with Crippen LogP contribution in [0.5, 0.6) is 11.5 Å². The number of ether oxygens (including phenoxy) is 2. The van der Waals surface area contributed by atoms with Crippen molar-refractivity contribution in [3.8, 4) is 11.5 Å². The number of rotatable bonds is 5. The number of benzene rings is 1. The average Bonchev–Trinajstić information content (AvgIpc) is 2.56. The first kappa shape index (κ1) is 14.6. The Kier molecular flexibility index (Phi) is 4.33. The largest absolute Gasteiger partial charge is 0.497 e. The molecule has 0 radical (unpaired) electrons. The van der Waals surface area contributed by atoms with E-state index in [1.54, 1.807) is 14.2 Å². The van der Waals surface area contributed by atoms with Gasteiger partial charge >= 0.3 is 0 Å². The van der Waals surface area contributed by atoms with E-state index in [-0.39, 0.29) is 6.04 Å². The van der Waals surface area contributed by atoms with Crippen LogP contribution in [0.4, 0.5) is 0 Å². The van der Waals surface area contributed by atoms with E-state index in [1.165, 1.54) is 31.7 Å². The summed E-state index contributed by atoms with van der Waals surface area (Å²) in [4.78, 5) is 5.17. The van der Waals surface area contributed by atoms with Crippen LogP contribution in [0.1, 0.15) is 11.6 Å². The lowest BCUT2D eigenvalue weighted by Gasteiger charge is -2.50. The fraction of sp³-hybridized carbons (Fsp3) is 0.625. The van der Waals surface area contributed by atoms with Crippen LogP contribution in [0.25, 0.3) is 0 Å². The van der Waals surface area contributed by atoms with E-state index in [0.29, 0.717) is 6.04 Å². The van der Waals surface area contributed by atoms with Crippen molar-refractivity contribution in [2.24, 2.45) is 0 Å². The van der Waals surface area contributed by atoms with Gasteiger partial charge in [-0.1, -0.05) is 0 Å². The topological polar surface area (TPSA) is 37.0 Å². The van der Waals surface area contributed by atoms with Crippen molar-refractivity contribution in [1.82, 2.24) is 15.1 Å². The highest BCUT2D eigenvalue weighted by molar-refractivity contribution is 5.40. The summed E-state index contributed by atoms with van der Waals surface area (Å²) in [5, 5.41) is 3.50. The molecule has 3 aliphatic heterocycles. The maximum Gasteiger partial charge on any atom is 0.122 e. The van der Waals surface area contributed by atoms with E-state index in [1.807, 2.05) is 13.1 Å². The van der Waals surface area contributed by atoms with Gasteiger partial charge in [0.2, 0.25) is 0 Å². The molecule has 2 unspecified atom stereocenters. The summed E-state index contributed by atoms with van der Waals surface area (Å²) in [6.07, 6.45) is 0. The van der Waals surface area contributed by atoms with Gasteiger partial charge in [-0.2, -0.15) is 0 Å². The number of hydrogen-bond donors (Lipinski definition) is 1. The quantitative estimate of drug-likeness (QED) is 0.875. The number of likely N-dealkylation sites (N-methyl/N-ethyl adjacent to an activating group) is 1. The highest BCUT2D eigenvalue weighted by Gasteiger charge is 2.37. The van der Waals surface area contributed by atoms with Crippen molar-refractivity contribution >= 4 is 0 Å². The third-order valence-electron chi connectivity index (χ3n) is 4.75. The first-order valence-electron chi connectivity index (χ1n) is 7.62. The second kappa shape index (κ2) is 6.22. The highest BCUT2D eigenvalue weighted by Crippen LogP contribution is 2.31. The van der Waals surface area contributed by atoms with Crippen LogP contribution in [0, 0.1) is 0 Å². The third-order valence-corrected chi connectivity index (χ3v) is 4.75. The molecule has 0 spiro atoms. The first-order chi connectivity index (χ1) is 10.2. The van der Waals surface area contributed by atoms with E-state index in [9.17, 15) is 0 Å². The van der Waals surface area contributed by atoms with E-state index < -0.39 is 0 Å². The molecule has 0 aromatic heterocycles. The molecule has 5 nitrogen and oxygen atoms in total. The summed E-state index contributed by atoms with van der Waals surface area (Å²) in [5.74, 6) is 1.70. The number of piperazine rings is 3. The smallest absolute Gasteiger partial charge is 0.122 e. The zero-order valence-electron chi connectivity index (χ0n) is 13.1. The average molecular weight is 291 g/mol. The van der Waals surface area contributed by atoms with Crippen molar-refractivity contribution in [3.63, 3.8) is 0 Å². The molecule has 3 heterocycles. The minimum Gasteiger partial charge on any atom is -0.497 e. The second-order valence-corrected chi connectivity index (χ2v) is 5.82. The molecule has 0 aliphatic carbocycles. The number of hydrogen-bond acceptors (Lipinski definition) is 5. The zero-order valence-corrected chi connectivity index (χ0v) is 13.1. The highest BCUT2D eigenvalue weighted by atomic mass is 16.5. The normalized spacial score (nSPS) is 29.2. The van der Waals surface area contributed by atoms with E-state index in [0.717, 1.165) is 18.0 Å². The monoisotopic (exact) mass is 291 g/mol. The molecule has 1 N–H and O–H groups in total. The van der Waals surface area contributed by atoms with Crippen LogP contribution in [0.3, 0.4) is 0 Å². The molecule has 4 rings (SSSR count). The van der Waals surface area contributed by atoms with Crippen LogP contribution in [0.2, 0.25) is 0 Å². The standard InChI is InChI=1S/C16H25N3O2/c1-17-16(15-11-18-4-6-19(15)7-5-18)12-8-13(20-2)10-14(9-12)21-3/h8-10,15-17H,4-7,11H2,1-3H3. The van der Waals surface area contributed by atoms with Gasteiger partial charge in [-0.05, 0) is 24.7 Å². The molecule has 3 fully saturated rings. The molecule has 3 aliphatic rings. The van der Waals surface area contributed by atoms with Gasteiger partial charge in [0.05, 0.1) is 14.2 Å². The van der Waals surface area contributed by atoms with Crippen molar-refractivity contribution in [3.05, 3.63) is 23.8 Å².